The zero-order valence-corrected chi connectivity index (χ0v) is 23.1. The van der Waals surface area contributed by atoms with Crippen molar-refractivity contribution in [2.24, 2.45) is 22.7 Å². The molecule has 4 nitrogen and oxygen atoms in total. The lowest BCUT2D eigenvalue weighted by atomic mass is 9.69. The molecule has 2 heterocycles. The monoisotopic (exact) mass is 450 g/mol. The largest absolute Gasteiger partial charge is 0.366 e. The van der Waals surface area contributed by atoms with Crippen LogP contribution in [0.4, 0.5) is 0 Å². The average molecular weight is 451 g/mol. The van der Waals surface area contributed by atoms with Crippen LogP contribution in [0.25, 0.3) is 0 Å². The van der Waals surface area contributed by atoms with E-state index in [0.717, 1.165) is 31.8 Å². The number of rotatable bonds is 7. The van der Waals surface area contributed by atoms with Crippen LogP contribution in [0.15, 0.2) is 0 Å². The van der Waals surface area contributed by atoms with Gasteiger partial charge in [-0.1, -0.05) is 34.6 Å². The summed E-state index contributed by atoms with van der Waals surface area (Å²) in [5, 5.41) is 0. The van der Waals surface area contributed by atoms with E-state index in [0.29, 0.717) is 16.7 Å². The van der Waals surface area contributed by atoms with Gasteiger partial charge in [0.15, 0.2) is 0 Å². The van der Waals surface area contributed by atoms with Gasteiger partial charge in [0.25, 0.3) is 0 Å². The number of likely N-dealkylation sites (tertiary alicyclic amines) is 2. The predicted octanol–water partition coefficient (Wildman–Crippen LogP) is 6.38. The summed E-state index contributed by atoms with van der Waals surface area (Å²) in [4.78, 5) is 17.3. The maximum absolute atomic E-state index is 12.5. The van der Waals surface area contributed by atoms with Crippen LogP contribution in [-0.4, -0.2) is 59.6 Å². The first-order valence-corrected chi connectivity index (χ1v) is 13.2. The van der Waals surface area contributed by atoms with Crippen LogP contribution in [0.5, 0.6) is 0 Å². The summed E-state index contributed by atoms with van der Waals surface area (Å²) in [5.74, 6) is 1.70. The molecule has 4 heteroatoms. The zero-order valence-electron chi connectivity index (χ0n) is 23.1. The molecule has 1 amide bonds. The number of ether oxygens (including phenoxy) is 1. The SMILES string of the molecule is CC(C)(C)OCC(=O)N1CCC(C(C)(C)CCC(C)(C)N2CCC(C(C)(C)C)CC2)CC1. The Morgan fingerprint density at radius 2 is 1.25 bits per heavy atom. The number of carbonyl (C=O) groups excluding carboxylic acids is 1. The van der Waals surface area contributed by atoms with E-state index in [1.807, 2.05) is 25.7 Å². The molecule has 0 atom stereocenters. The second-order valence-corrected chi connectivity index (χ2v) is 14.0. The molecule has 0 saturated carbocycles. The fourth-order valence-electron chi connectivity index (χ4n) is 5.62. The smallest absolute Gasteiger partial charge is 0.248 e. The summed E-state index contributed by atoms with van der Waals surface area (Å²) in [6.07, 6.45) is 7.41. The third-order valence-electron chi connectivity index (χ3n) is 8.54. The molecule has 0 unspecified atom stereocenters. The second kappa shape index (κ2) is 10.3. The Hall–Kier alpha value is -0.610. The van der Waals surface area contributed by atoms with Crippen molar-refractivity contribution in [2.45, 2.75) is 119 Å². The van der Waals surface area contributed by atoms with E-state index < -0.39 is 0 Å². The van der Waals surface area contributed by atoms with Crippen molar-refractivity contribution in [2.75, 3.05) is 32.8 Å². The van der Waals surface area contributed by atoms with Gasteiger partial charge >= 0.3 is 0 Å². The maximum atomic E-state index is 12.5. The van der Waals surface area contributed by atoms with Gasteiger partial charge in [0.1, 0.15) is 6.61 Å². The van der Waals surface area contributed by atoms with E-state index in [9.17, 15) is 4.79 Å². The second-order valence-electron chi connectivity index (χ2n) is 14.0. The highest BCUT2D eigenvalue weighted by atomic mass is 16.5. The Morgan fingerprint density at radius 1 is 0.750 bits per heavy atom. The molecule has 2 saturated heterocycles. The first-order chi connectivity index (χ1) is 14.5. The van der Waals surface area contributed by atoms with Gasteiger partial charge in [0.2, 0.25) is 5.91 Å². The quantitative estimate of drug-likeness (QED) is 0.451. The Morgan fingerprint density at radius 3 is 1.72 bits per heavy atom. The van der Waals surface area contributed by atoms with Gasteiger partial charge in [0, 0.05) is 18.6 Å². The first kappa shape index (κ1) is 27.6. The summed E-state index contributed by atoms with van der Waals surface area (Å²) < 4.78 is 5.70. The third kappa shape index (κ3) is 8.01. The molecule has 0 aliphatic carbocycles. The Balaban J connectivity index is 1.80. The number of hydrogen-bond donors (Lipinski definition) is 0. The number of carbonyl (C=O) groups is 1. The molecule has 0 radical (unpaired) electrons. The topological polar surface area (TPSA) is 32.8 Å². The van der Waals surface area contributed by atoms with Crippen molar-refractivity contribution < 1.29 is 9.53 Å². The van der Waals surface area contributed by atoms with Gasteiger partial charge in [0.05, 0.1) is 5.60 Å². The molecular weight excluding hydrogens is 396 g/mol. The normalized spacial score (nSPS) is 21.2. The van der Waals surface area contributed by atoms with Crippen LogP contribution in [0.1, 0.15) is 108 Å². The minimum absolute atomic E-state index is 0.149. The molecule has 0 bridgehead atoms. The van der Waals surface area contributed by atoms with Crippen LogP contribution < -0.4 is 0 Å². The van der Waals surface area contributed by atoms with Crippen LogP contribution in [0.2, 0.25) is 0 Å². The predicted molar refractivity (Wildman–Crippen MR) is 136 cm³/mol. The highest BCUT2D eigenvalue weighted by molar-refractivity contribution is 5.77. The van der Waals surface area contributed by atoms with Gasteiger partial charge in [-0.05, 0) is 109 Å². The molecular formula is C28H54N2O2. The molecule has 0 aromatic heterocycles. The number of nitrogens with zero attached hydrogens (tertiary/aromatic N) is 2. The molecule has 32 heavy (non-hydrogen) atoms. The summed E-state index contributed by atoms with van der Waals surface area (Å²) in [7, 11) is 0. The van der Waals surface area contributed by atoms with E-state index in [-0.39, 0.29) is 23.7 Å². The molecule has 0 aromatic rings. The van der Waals surface area contributed by atoms with Crippen molar-refractivity contribution in [3.63, 3.8) is 0 Å². The molecule has 0 N–H and O–H groups in total. The van der Waals surface area contributed by atoms with E-state index >= 15 is 0 Å². The minimum atomic E-state index is -0.259. The van der Waals surface area contributed by atoms with E-state index in [2.05, 4.69) is 53.4 Å². The summed E-state index contributed by atoms with van der Waals surface area (Å²) in [6.45, 7) is 27.5. The van der Waals surface area contributed by atoms with E-state index in [1.165, 1.54) is 38.8 Å². The molecule has 2 rings (SSSR count). The van der Waals surface area contributed by atoms with Crippen molar-refractivity contribution in [3.05, 3.63) is 0 Å². The van der Waals surface area contributed by atoms with Gasteiger partial charge in [-0.15, -0.1) is 0 Å². The van der Waals surface area contributed by atoms with Crippen LogP contribution in [-0.2, 0) is 9.53 Å². The first-order valence-electron chi connectivity index (χ1n) is 13.2. The Kier molecular flexibility index (Phi) is 8.93. The number of amides is 1. The van der Waals surface area contributed by atoms with Gasteiger partial charge in [-0.2, -0.15) is 0 Å². The maximum Gasteiger partial charge on any atom is 0.248 e. The molecule has 188 valence electrons. The van der Waals surface area contributed by atoms with Crippen LogP contribution in [0, 0.1) is 22.7 Å². The lowest BCUT2D eigenvalue weighted by Crippen LogP contribution is -2.50. The van der Waals surface area contributed by atoms with Gasteiger partial charge < -0.3 is 9.64 Å². The number of hydrogen-bond acceptors (Lipinski definition) is 3. The Labute approximate surface area is 199 Å². The summed E-state index contributed by atoms with van der Waals surface area (Å²) >= 11 is 0. The molecule has 0 aromatic carbocycles. The van der Waals surface area contributed by atoms with Crippen molar-refractivity contribution in [3.8, 4) is 0 Å². The van der Waals surface area contributed by atoms with E-state index in [4.69, 9.17) is 4.74 Å². The van der Waals surface area contributed by atoms with E-state index in [1.54, 1.807) is 0 Å². The highest BCUT2D eigenvalue weighted by Gasteiger charge is 2.38. The Bertz CT molecular complexity index is 596. The van der Waals surface area contributed by atoms with Crippen molar-refractivity contribution in [1.29, 1.82) is 0 Å². The van der Waals surface area contributed by atoms with Crippen molar-refractivity contribution in [1.82, 2.24) is 9.80 Å². The molecule has 2 aliphatic heterocycles. The minimum Gasteiger partial charge on any atom is -0.366 e. The van der Waals surface area contributed by atoms with Gasteiger partial charge in [-0.3, -0.25) is 9.69 Å². The fourth-order valence-corrected chi connectivity index (χ4v) is 5.62. The average Bonchev–Trinajstić information content (AvgIpc) is 2.70. The molecule has 2 aliphatic rings. The molecule has 0 spiro atoms. The standard InChI is InChI=1S/C28H54N2O2/c1-25(2,3)22-13-19-30(20-14-22)28(9,10)16-15-27(7,8)23-11-17-29(18-12-23)24(31)21-32-26(4,5)6/h22-23H,11-21H2,1-10H3. The lowest BCUT2D eigenvalue weighted by Gasteiger charge is -2.47. The van der Waals surface area contributed by atoms with Crippen LogP contribution in [0.3, 0.4) is 0 Å². The lowest BCUT2D eigenvalue weighted by molar-refractivity contribution is -0.143. The third-order valence-corrected chi connectivity index (χ3v) is 8.54. The zero-order chi connectivity index (χ0) is 24.4. The number of piperidine rings is 2. The summed E-state index contributed by atoms with van der Waals surface area (Å²) in [5.41, 5.74) is 0.761. The highest BCUT2D eigenvalue weighted by Crippen LogP contribution is 2.42. The van der Waals surface area contributed by atoms with Gasteiger partial charge in [-0.25, -0.2) is 0 Å². The van der Waals surface area contributed by atoms with Crippen LogP contribution >= 0.6 is 0 Å². The molecule has 2 fully saturated rings. The summed E-state index contributed by atoms with van der Waals surface area (Å²) in [6, 6.07) is 0. The van der Waals surface area contributed by atoms with Crippen molar-refractivity contribution >= 4 is 5.91 Å². The fraction of sp³-hybridized carbons (Fsp3) is 0.964.